The maximum Gasteiger partial charge on any atom is 0.326 e. The van der Waals surface area contributed by atoms with Crippen molar-refractivity contribution in [2.24, 2.45) is 17.6 Å². The second kappa shape index (κ2) is 15.2. The van der Waals surface area contributed by atoms with Crippen molar-refractivity contribution >= 4 is 34.6 Å². The maximum atomic E-state index is 13.6. The fourth-order valence-corrected chi connectivity index (χ4v) is 4.91. The van der Waals surface area contributed by atoms with E-state index in [1.807, 2.05) is 52.0 Å². The van der Waals surface area contributed by atoms with Crippen LogP contribution in [0.25, 0.3) is 10.9 Å². The molecule has 8 N–H and O–H groups in total. The first-order valence-corrected chi connectivity index (χ1v) is 14.6. The Bertz CT molecular complexity index is 1400. The molecule has 0 aliphatic rings. The van der Waals surface area contributed by atoms with Crippen molar-refractivity contribution < 1.29 is 29.4 Å². The van der Waals surface area contributed by atoms with Crippen LogP contribution in [0.1, 0.15) is 51.7 Å². The Morgan fingerprint density at radius 1 is 0.860 bits per heavy atom. The molecule has 43 heavy (non-hydrogen) atoms. The second-order valence-electron chi connectivity index (χ2n) is 11.5. The van der Waals surface area contributed by atoms with Gasteiger partial charge in [-0.2, -0.15) is 0 Å². The molecule has 2 aromatic carbocycles. The molecular weight excluding hydrogens is 550 g/mol. The summed E-state index contributed by atoms with van der Waals surface area (Å²) in [5.74, 6) is -3.02. The lowest BCUT2D eigenvalue weighted by Gasteiger charge is -2.28. The van der Waals surface area contributed by atoms with E-state index >= 15 is 0 Å². The summed E-state index contributed by atoms with van der Waals surface area (Å²) in [5, 5.41) is 28.6. The van der Waals surface area contributed by atoms with Crippen LogP contribution in [0.15, 0.2) is 54.7 Å². The van der Waals surface area contributed by atoms with E-state index in [4.69, 9.17) is 5.73 Å². The zero-order chi connectivity index (χ0) is 31.7. The minimum absolute atomic E-state index is 0.0181. The standard InChI is InChI=1S/C32H43N5O6/c1-5-19(4)28(37-29(39)24(33)14-18(2)3)31(41)35-26(15-20-10-12-22(38)13-11-20)30(40)36-27(32(42)43)16-21-17-34-25-9-7-6-8-23(21)25/h6-13,17-19,24,26-28,34,38H,5,14-16,33H2,1-4H3,(H,35,41)(H,36,40)(H,37,39)(H,42,43). The van der Waals surface area contributed by atoms with Crippen LogP contribution in [-0.4, -0.2) is 63.1 Å². The molecule has 0 saturated carbocycles. The summed E-state index contributed by atoms with van der Waals surface area (Å²) in [6.45, 7) is 7.59. The topological polar surface area (TPSA) is 187 Å². The number of carbonyl (C=O) groups is 4. The molecule has 5 unspecified atom stereocenters. The molecule has 3 aromatic rings. The number of nitrogens with two attached hydrogens (primary N) is 1. The summed E-state index contributed by atoms with van der Waals surface area (Å²) in [4.78, 5) is 55.4. The number of amides is 3. The summed E-state index contributed by atoms with van der Waals surface area (Å²) >= 11 is 0. The molecule has 5 atom stereocenters. The first kappa shape index (κ1) is 33.1. The van der Waals surface area contributed by atoms with Gasteiger partial charge in [-0.05, 0) is 47.6 Å². The van der Waals surface area contributed by atoms with E-state index in [2.05, 4.69) is 20.9 Å². The van der Waals surface area contributed by atoms with Crippen molar-refractivity contribution in [2.45, 2.75) is 77.5 Å². The molecule has 0 bridgehead atoms. The Morgan fingerprint density at radius 3 is 2.14 bits per heavy atom. The predicted octanol–water partition coefficient (Wildman–Crippen LogP) is 2.62. The van der Waals surface area contributed by atoms with Gasteiger partial charge in [0, 0.05) is 29.9 Å². The predicted molar refractivity (Wildman–Crippen MR) is 164 cm³/mol. The SMILES string of the molecule is CCC(C)C(NC(=O)C(N)CC(C)C)C(=O)NC(Cc1ccc(O)cc1)C(=O)NC(Cc1c[nH]c2ccccc12)C(=O)O. The molecule has 11 nitrogen and oxygen atoms in total. The third kappa shape index (κ3) is 9.31. The smallest absolute Gasteiger partial charge is 0.326 e. The van der Waals surface area contributed by atoms with E-state index < -0.39 is 47.9 Å². The Morgan fingerprint density at radius 2 is 1.51 bits per heavy atom. The number of carboxylic acid groups (broad SMARTS) is 1. The maximum absolute atomic E-state index is 13.6. The highest BCUT2D eigenvalue weighted by Crippen LogP contribution is 2.20. The van der Waals surface area contributed by atoms with Gasteiger partial charge in [-0.25, -0.2) is 4.79 Å². The molecular formula is C32H43N5O6. The van der Waals surface area contributed by atoms with E-state index in [9.17, 15) is 29.4 Å². The summed E-state index contributed by atoms with van der Waals surface area (Å²) in [6.07, 6.45) is 2.76. The van der Waals surface area contributed by atoms with Gasteiger partial charge in [-0.3, -0.25) is 14.4 Å². The highest BCUT2D eigenvalue weighted by atomic mass is 16.4. The normalized spacial score (nSPS) is 14.8. The number of aromatic hydroxyl groups is 1. The number of aromatic nitrogens is 1. The average Bonchev–Trinajstić information content (AvgIpc) is 3.37. The molecule has 3 rings (SSSR count). The molecule has 0 aliphatic carbocycles. The number of aliphatic carboxylic acids is 1. The number of carboxylic acids is 1. The molecule has 232 valence electrons. The van der Waals surface area contributed by atoms with Crippen LogP contribution in [0, 0.1) is 11.8 Å². The Balaban J connectivity index is 1.84. The minimum atomic E-state index is -1.27. The van der Waals surface area contributed by atoms with Crippen LogP contribution in [-0.2, 0) is 32.0 Å². The van der Waals surface area contributed by atoms with Gasteiger partial charge in [0.05, 0.1) is 6.04 Å². The van der Waals surface area contributed by atoms with Crippen molar-refractivity contribution in [1.82, 2.24) is 20.9 Å². The molecule has 11 heteroatoms. The van der Waals surface area contributed by atoms with Gasteiger partial charge in [-0.1, -0.05) is 64.4 Å². The van der Waals surface area contributed by atoms with Crippen LogP contribution < -0.4 is 21.7 Å². The van der Waals surface area contributed by atoms with E-state index in [-0.39, 0.29) is 30.4 Å². The number of phenolic OH excluding ortho intramolecular Hbond substituents is 1. The van der Waals surface area contributed by atoms with Crippen LogP contribution in [0.4, 0.5) is 0 Å². The highest BCUT2D eigenvalue weighted by molar-refractivity contribution is 5.94. The number of aromatic amines is 1. The van der Waals surface area contributed by atoms with Gasteiger partial charge in [0.1, 0.15) is 23.9 Å². The third-order valence-electron chi connectivity index (χ3n) is 7.58. The lowest BCUT2D eigenvalue weighted by atomic mass is 9.96. The Kier molecular flexibility index (Phi) is 11.7. The van der Waals surface area contributed by atoms with Gasteiger partial charge < -0.3 is 36.9 Å². The van der Waals surface area contributed by atoms with Crippen molar-refractivity contribution in [2.75, 3.05) is 0 Å². The number of benzene rings is 2. The van der Waals surface area contributed by atoms with Gasteiger partial charge in [0.25, 0.3) is 0 Å². The quantitative estimate of drug-likeness (QED) is 0.141. The van der Waals surface area contributed by atoms with Gasteiger partial charge in [0.15, 0.2) is 0 Å². The number of carbonyl (C=O) groups excluding carboxylic acids is 3. The average molecular weight is 594 g/mol. The van der Waals surface area contributed by atoms with Crippen LogP contribution in [0.2, 0.25) is 0 Å². The van der Waals surface area contributed by atoms with E-state index in [1.165, 1.54) is 12.1 Å². The summed E-state index contributed by atoms with van der Waals surface area (Å²) in [6, 6.07) is 9.39. The van der Waals surface area contributed by atoms with Crippen LogP contribution >= 0.6 is 0 Å². The number of hydrogen-bond donors (Lipinski definition) is 7. The number of phenols is 1. The number of rotatable bonds is 15. The van der Waals surface area contributed by atoms with E-state index in [0.29, 0.717) is 18.4 Å². The summed E-state index contributed by atoms with van der Waals surface area (Å²) in [7, 11) is 0. The number of nitrogens with one attached hydrogen (secondary N) is 4. The molecule has 0 spiro atoms. The Labute approximate surface area is 251 Å². The van der Waals surface area contributed by atoms with Crippen molar-refractivity contribution in [1.29, 1.82) is 0 Å². The lowest BCUT2D eigenvalue weighted by Crippen LogP contribution is -2.59. The summed E-state index contributed by atoms with van der Waals surface area (Å²) in [5.41, 5.74) is 8.25. The van der Waals surface area contributed by atoms with Crippen molar-refractivity contribution in [3.8, 4) is 5.75 Å². The zero-order valence-electron chi connectivity index (χ0n) is 25.1. The minimum Gasteiger partial charge on any atom is -0.508 e. The number of hydrogen-bond acceptors (Lipinski definition) is 6. The number of para-hydroxylation sites is 1. The molecule has 1 aromatic heterocycles. The van der Waals surface area contributed by atoms with Crippen LogP contribution in [0.3, 0.4) is 0 Å². The second-order valence-corrected chi connectivity index (χ2v) is 11.5. The summed E-state index contributed by atoms with van der Waals surface area (Å²) < 4.78 is 0. The van der Waals surface area contributed by atoms with Crippen LogP contribution in [0.5, 0.6) is 5.75 Å². The fourth-order valence-electron chi connectivity index (χ4n) is 4.91. The molecule has 0 saturated heterocycles. The van der Waals surface area contributed by atoms with Gasteiger partial charge in [0.2, 0.25) is 17.7 Å². The number of fused-ring (bicyclic) bond motifs is 1. The molecule has 0 aliphatic heterocycles. The van der Waals surface area contributed by atoms with E-state index in [0.717, 1.165) is 16.5 Å². The highest BCUT2D eigenvalue weighted by Gasteiger charge is 2.33. The largest absolute Gasteiger partial charge is 0.508 e. The molecule has 0 radical (unpaired) electrons. The Hall–Kier alpha value is -4.38. The van der Waals surface area contributed by atoms with Gasteiger partial charge >= 0.3 is 5.97 Å². The van der Waals surface area contributed by atoms with Gasteiger partial charge in [-0.15, -0.1) is 0 Å². The zero-order valence-corrected chi connectivity index (χ0v) is 25.1. The molecule has 3 amide bonds. The lowest BCUT2D eigenvalue weighted by molar-refractivity contribution is -0.142. The van der Waals surface area contributed by atoms with Crippen molar-refractivity contribution in [3.05, 3.63) is 65.9 Å². The first-order valence-electron chi connectivity index (χ1n) is 14.6. The van der Waals surface area contributed by atoms with E-state index in [1.54, 1.807) is 18.3 Å². The van der Waals surface area contributed by atoms with Crippen molar-refractivity contribution in [3.63, 3.8) is 0 Å². The third-order valence-corrected chi connectivity index (χ3v) is 7.58. The molecule has 0 fully saturated rings. The molecule has 1 heterocycles. The monoisotopic (exact) mass is 593 g/mol. The number of H-pyrrole nitrogens is 1. The fraction of sp³-hybridized carbons (Fsp3) is 0.438. The first-order chi connectivity index (χ1) is 20.4.